The molecule has 0 bridgehead atoms. The summed E-state index contributed by atoms with van der Waals surface area (Å²) in [5.74, 6) is 2.25. The highest BCUT2D eigenvalue weighted by molar-refractivity contribution is 8.21. The molecule has 1 fully saturated rings. The van der Waals surface area contributed by atoms with Gasteiger partial charge in [-0.05, 0) is 61.5 Å². The van der Waals surface area contributed by atoms with Gasteiger partial charge in [-0.25, -0.2) is 0 Å². The van der Waals surface area contributed by atoms with Crippen LogP contribution in [0.25, 0.3) is 0 Å². The van der Waals surface area contributed by atoms with E-state index < -0.39 is 5.60 Å². The van der Waals surface area contributed by atoms with Crippen LogP contribution in [0.2, 0.25) is 0 Å². The predicted octanol–water partition coefficient (Wildman–Crippen LogP) is 5.08. The largest absolute Gasteiger partial charge is 0.493 e. The van der Waals surface area contributed by atoms with Crippen LogP contribution >= 0.6 is 23.5 Å². The van der Waals surface area contributed by atoms with Gasteiger partial charge < -0.3 is 19.3 Å². The fraction of sp³-hybridized carbons (Fsp3) is 0.524. The van der Waals surface area contributed by atoms with Gasteiger partial charge in [0.25, 0.3) is 0 Å². The summed E-state index contributed by atoms with van der Waals surface area (Å²) in [7, 11) is 4.84. The van der Waals surface area contributed by atoms with Gasteiger partial charge >= 0.3 is 0 Å². The van der Waals surface area contributed by atoms with Gasteiger partial charge in [-0.2, -0.15) is 0 Å². The van der Waals surface area contributed by atoms with Crippen LogP contribution in [0.5, 0.6) is 17.2 Å². The van der Waals surface area contributed by atoms with E-state index in [1.54, 1.807) is 44.9 Å². The number of thioether (sulfide) groups is 2. The van der Waals surface area contributed by atoms with E-state index in [9.17, 15) is 5.11 Å². The lowest BCUT2D eigenvalue weighted by atomic mass is 9.88. The Morgan fingerprint density at radius 1 is 1.19 bits per heavy atom. The van der Waals surface area contributed by atoms with E-state index in [1.807, 2.05) is 37.6 Å². The Labute approximate surface area is 171 Å². The summed E-state index contributed by atoms with van der Waals surface area (Å²) in [5.41, 5.74) is 1.17. The Morgan fingerprint density at radius 2 is 1.74 bits per heavy atom. The first-order chi connectivity index (χ1) is 12.8. The van der Waals surface area contributed by atoms with E-state index in [0.717, 1.165) is 21.8 Å². The second-order valence-corrected chi connectivity index (χ2v) is 8.86. The molecule has 0 heterocycles. The maximum atomic E-state index is 11.5. The molecular formula is C21H30O4S2. The summed E-state index contributed by atoms with van der Waals surface area (Å²) < 4.78 is 17.5. The van der Waals surface area contributed by atoms with Crippen LogP contribution in [0, 0.1) is 5.92 Å². The summed E-state index contributed by atoms with van der Waals surface area (Å²) in [6.07, 6.45) is 7.55. The molecule has 0 amide bonds. The van der Waals surface area contributed by atoms with Gasteiger partial charge in [0.15, 0.2) is 11.5 Å². The Hall–Kier alpha value is -1.24. The summed E-state index contributed by atoms with van der Waals surface area (Å²) in [5, 5.41) is 11.5. The highest BCUT2D eigenvalue weighted by Gasteiger charge is 2.51. The van der Waals surface area contributed by atoms with E-state index in [4.69, 9.17) is 14.2 Å². The van der Waals surface area contributed by atoms with Crippen molar-refractivity contribution in [3.8, 4) is 17.2 Å². The zero-order chi connectivity index (χ0) is 20.2. The molecule has 0 spiro atoms. The molecule has 1 aliphatic carbocycles. The average molecular weight is 411 g/mol. The van der Waals surface area contributed by atoms with Crippen molar-refractivity contribution in [1.29, 1.82) is 0 Å². The van der Waals surface area contributed by atoms with E-state index in [2.05, 4.69) is 6.58 Å². The molecule has 1 aromatic rings. The first kappa shape index (κ1) is 22.1. The number of rotatable bonds is 10. The molecule has 0 aliphatic heterocycles. The number of hydrogen-bond acceptors (Lipinski definition) is 6. The number of benzene rings is 1. The minimum absolute atomic E-state index is 0.131. The van der Waals surface area contributed by atoms with Crippen molar-refractivity contribution in [2.45, 2.75) is 31.3 Å². The number of ether oxygens (including phenoxy) is 3. The summed E-state index contributed by atoms with van der Waals surface area (Å²) in [6, 6.07) is 3.97. The second kappa shape index (κ2) is 9.30. The summed E-state index contributed by atoms with van der Waals surface area (Å²) >= 11 is 3.32. The molecule has 1 aromatic carbocycles. The monoisotopic (exact) mass is 410 g/mol. The molecule has 2 rings (SSSR count). The second-order valence-electron chi connectivity index (χ2n) is 6.90. The molecule has 6 heteroatoms. The molecule has 1 N–H and O–H groups in total. The number of methoxy groups -OCH3 is 3. The lowest BCUT2D eigenvalue weighted by molar-refractivity contribution is 0.0657. The van der Waals surface area contributed by atoms with Crippen LogP contribution in [0.15, 0.2) is 34.6 Å². The predicted molar refractivity (Wildman–Crippen MR) is 116 cm³/mol. The molecule has 1 aliphatic rings. The highest BCUT2D eigenvalue weighted by atomic mass is 32.2. The molecule has 0 radical (unpaired) electrons. The van der Waals surface area contributed by atoms with Crippen molar-refractivity contribution in [1.82, 2.24) is 0 Å². The van der Waals surface area contributed by atoms with Crippen LogP contribution in [-0.4, -0.2) is 44.5 Å². The van der Waals surface area contributed by atoms with E-state index in [-0.39, 0.29) is 11.8 Å². The Morgan fingerprint density at radius 3 is 2.15 bits per heavy atom. The molecule has 3 unspecified atom stereocenters. The SMILES string of the molecule is C=C(C)CC(O)(C=C(SC)SC)C1CC1c1cc(OC)c(OC)c(OC)c1. The molecule has 0 saturated heterocycles. The van der Waals surface area contributed by atoms with Crippen molar-refractivity contribution in [2.24, 2.45) is 5.92 Å². The van der Waals surface area contributed by atoms with Crippen molar-refractivity contribution >= 4 is 23.5 Å². The van der Waals surface area contributed by atoms with Crippen LogP contribution in [-0.2, 0) is 0 Å². The lowest BCUT2D eigenvalue weighted by Crippen LogP contribution is -2.30. The number of aliphatic hydroxyl groups is 1. The molecule has 3 atom stereocenters. The van der Waals surface area contributed by atoms with Gasteiger partial charge in [-0.1, -0.05) is 5.57 Å². The van der Waals surface area contributed by atoms with E-state index in [0.29, 0.717) is 23.7 Å². The van der Waals surface area contributed by atoms with Crippen LogP contribution in [0.3, 0.4) is 0 Å². The summed E-state index contributed by atoms with van der Waals surface area (Å²) in [4.78, 5) is 0. The van der Waals surface area contributed by atoms with Crippen molar-refractivity contribution in [2.75, 3.05) is 33.8 Å². The van der Waals surface area contributed by atoms with Gasteiger partial charge in [0.1, 0.15) is 0 Å². The fourth-order valence-electron chi connectivity index (χ4n) is 3.61. The Balaban J connectivity index is 2.38. The van der Waals surface area contributed by atoms with Gasteiger partial charge in [-0.3, -0.25) is 0 Å². The normalized spacial score (nSPS) is 20.4. The van der Waals surface area contributed by atoms with Crippen molar-refractivity contribution < 1.29 is 19.3 Å². The van der Waals surface area contributed by atoms with Gasteiger partial charge in [0.05, 0.1) is 26.9 Å². The molecule has 150 valence electrons. The van der Waals surface area contributed by atoms with Crippen molar-refractivity contribution in [3.63, 3.8) is 0 Å². The molecular weight excluding hydrogens is 380 g/mol. The zero-order valence-electron chi connectivity index (χ0n) is 17.0. The third-order valence-electron chi connectivity index (χ3n) is 4.90. The topological polar surface area (TPSA) is 47.9 Å². The van der Waals surface area contributed by atoms with Crippen LogP contribution < -0.4 is 14.2 Å². The zero-order valence-corrected chi connectivity index (χ0v) is 18.6. The average Bonchev–Trinajstić information content (AvgIpc) is 3.45. The minimum Gasteiger partial charge on any atom is -0.493 e. The lowest BCUT2D eigenvalue weighted by Gasteiger charge is -2.27. The standard InChI is InChI=1S/C21H30O4S2/c1-13(2)11-21(22,12-19(26-6)27-7)16-10-15(16)14-8-17(23-3)20(25-5)18(9-14)24-4/h8-9,12,15-16,22H,1,10-11H2,2-7H3. The first-order valence-corrected chi connectivity index (χ1v) is 11.3. The van der Waals surface area contributed by atoms with E-state index >= 15 is 0 Å². The maximum Gasteiger partial charge on any atom is 0.203 e. The Bertz CT molecular complexity index is 685. The van der Waals surface area contributed by atoms with Crippen LogP contribution in [0.1, 0.15) is 31.2 Å². The minimum atomic E-state index is -0.905. The molecule has 27 heavy (non-hydrogen) atoms. The molecule has 4 nitrogen and oxygen atoms in total. The van der Waals surface area contributed by atoms with E-state index in [1.165, 1.54) is 0 Å². The van der Waals surface area contributed by atoms with Crippen molar-refractivity contribution in [3.05, 3.63) is 40.2 Å². The van der Waals surface area contributed by atoms with Gasteiger partial charge in [0.2, 0.25) is 5.75 Å². The Kier molecular flexibility index (Phi) is 7.60. The molecule has 1 saturated carbocycles. The quantitative estimate of drug-likeness (QED) is 0.543. The fourth-order valence-corrected chi connectivity index (χ4v) is 4.92. The molecule has 0 aromatic heterocycles. The van der Waals surface area contributed by atoms with Gasteiger partial charge in [0, 0.05) is 10.7 Å². The third kappa shape index (κ3) is 4.98. The summed E-state index contributed by atoms with van der Waals surface area (Å²) in [6.45, 7) is 5.99. The highest BCUT2D eigenvalue weighted by Crippen LogP contribution is 2.58. The van der Waals surface area contributed by atoms with Gasteiger partial charge in [-0.15, -0.1) is 30.1 Å². The van der Waals surface area contributed by atoms with Crippen LogP contribution in [0.4, 0.5) is 0 Å². The maximum absolute atomic E-state index is 11.5. The smallest absolute Gasteiger partial charge is 0.203 e. The number of hydrogen-bond donors (Lipinski definition) is 1. The first-order valence-electron chi connectivity index (χ1n) is 8.81. The third-order valence-corrected chi connectivity index (χ3v) is 6.94.